The summed E-state index contributed by atoms with van der Waals surface area (Å²) in [5.41, 5.74) is 1.05. The fourth-order valence-corrected chi connectivity index (χ4v) is 2.44. The van der Waals surface area contributed by atoms with Gasteiger partial charge in [0.2, 0.25) is 0 Å². The minimum absolute atomic E-state index is 0.0670. The second-order valence-corrected chi connectivity index (χ2v) is 5.71. The van der Waals surface area contributed by atoms with Crippen molar-refractivity contribution in [1.82, 2.24) is 10.2 Å². The third kappa shape index (κ3) is 4.68. The summed E-state index contributed by atoms with van der Waals surface area (Å²) in [6.45, 7) is 7.77. The summed E-state index contributed by atoms with van der Waals surface area (Å²) >= 11 is 0. The van der Waals surface area contributed by atoms with Gasteiger partial charge in [-0.15, -0.1) is 13.2 Å². The quantitative estimate of drug-likeness (QED) is 0.925. The summed E-state index contributed by atoms with van der Waals surface area (Å²) in [7, 11) is 0. The summed E-state index contributed by atoms with van der Waals surface area (Å²) in [4.78, 5) is 2.29. The molecule has 0 amide bonds. The topological polar surface area (TPSA) is 24.5 Å². The molecule has 0 saturated carbocycles. The van der Waals surface area contributed by atoms with Crippen molar-refractivity contribution in [2.75, 3.05) is 19.6 Å². The molecule has 0 atom stereocenters. The molecule has 1 aromatic carbocycles. The van der Waals surface area contributed by atoms with Crippen molar-refractivity contribution in [3.8, 4) is 5.75 Å². The number of nitrogens with one attached hydrogen (secondary N) is 1. The van der Waals surface area contributed by atoms with Crippen LogP contribution in [0.3, 0.4) is 0 Å². The van der Waals surface area contributed by atoms with E-state index in [9.17, 15) is 13.2 Å². The maximum atomic E-state index is 12.1. The smallest absolute Gasteiger partial charge is 0.406 e. The third-order valence-corrected chi connectivity index (χ3v) is 3.21. The monoisotopic (exact) mass is 288 g/mol. The Labute approximate surface area is 116 Å². The molecular weight excluding hydrogens is 269 g/mol. The zero-order chi connectivity index (χ0) is 14.8. The van der Waals surface area contributed by atoms with Crippen LogP contribution in [-0.4, -0.2) is 36.4 Å². The van der Waals surface area contributed by atoms with Gasteiger partial charge in [0.05, 0.1) is 0 Å². The summed E-state index contributed by atoms with van der Waals surface area (Å²) in [5.74, 6) is -0.179. The first-order valence-corrected chi connectivity index (χ1v) is 6.56. The van der Waals surface area contributed by atoms with Crippen LogP contribution in [0.2, 0.25) is 0 Å². The molecule has 1 aliphatic heterocycles. The summed E-state index contributed by atoms with van der Waals surface area (Å²) in [5, 5.41) is 3.42. The van der Waals surface area contributed by atoms with Crippen LogP contribution in [0.15, 0.2) is 24.3 Å². The highest BCUT2D eigenvalue weighted by Crippen LogP contribution is 2.23. The van der Waals surface area contributed by atoms with Gasteiger partial charge < -0.3 is 10.1 Å². The van der Waals surface area contributed by atoms with Gasteiger partial charge in [-0.05, 0) is 31.5 Å². The van der Waals surface area contributed by atoms with E-state index >= 15 is 0 Å². The van der Waals surface area contributed by atoms with Crippen LogP contribution in [0, 0.1) is 0 Å². The van der Waals surface area contributed by atoms with Crippen LogP contribution < -0.4 is 10.1 Å². The van der Waals surface area contributed by atoms with Crippen molar-refractivity contribution in [3.05, 3.63) is 29.8 Å². The number of nitrogens with zero attached hydrogens (tertiary/aromatic N) is 1. The molecule has 112 valence electrons. The highest BCUT2D eigenvalue weighted by Gasteiger charge is 2.31. The molecule has 1 N–H and O–H groups in total. The molecule has 0 unspecified atom stereocenters. The van der Waals surface area contributed by atoms with Gasteiger partial charge in [-0.25, -0.2) is 0 Å². The Hall–Kier alpha value is -1.27. The molecule has 0 aliphatic carbocycles. The lowest BCUT2D eigenvalue weighted by Crippen LogP contribution is -2.56. The molecule has 1 fully saturated rings. The Morgan fingerprint density at radius 3 is 2.45 bits per heavy atom. The number of benzene rings is 1. The molecule has 0 radical (unpaired) electrons. The lowest BCUT2D eigenvalue weighted by atomic mass is 10.0. The number of hydrogen-bond donors (Lipinski definition) is 1. The van der Waals surface area contributed by atoms with E-state index in [1.807, 2.05) is 0 Å². The van der Waals surface area contributed by atoms with E-state index in [0.717, 1.165) is 31.7 Å². The molecule has 1 heterocycles. The molecule has 0 spiro atoms. The Morgan fingerprint density at radius 1 is 1.25 bits per heavy atom. The molecule has 0 aromatic heterocycles. The molecule has 2 rings (SSSR count). The van der Waals surface area contributed by atoms with Gasteiger partial charge in [0.1, 0.15) is 5.75 Å². The fraction of sp³-hybridized carbons (Fsp3) is 0.571. The average molecular weight is 288 g/mol. The van der Waals surface area contributed by atoms with Crippen molar-refractivity contribution in [2.24, 2.45) is 0 Å². The Kier molecular flexibility index (Phi) is 4.25. The Bertz CT molecular complexity index is 443. The molecule has 20 heavy (non-hydrogen) atoms. The molecular formula is C14H19F3N2O. The molecule has 1 saturated heterocycles. The fourth-order valence-electron chi connectivity index (χ4n) is 2.44. The van der Waals surface area contributed by atoms with Crippen LogP contribution in [0.1, 0.15) is 19.4 Å². The van der Waals surface area contributed by atoms with Crippen LogP contribution >= 0.6 is 0 Å². The van der Waals surface area contributed by atoms with E-state index in [1.54, 1.807) is 12.1 Å². The first-order chi connectivity index (χ1) is 9.23. The number of ether oxygens (including phenoxy) is 1. The van der Waals surface area contributed by atoms with Gasteiger partial charge in [-0.3, -0.25) is 4.90 Å². The lowest BCUT2D eigenvalue weighted by Gasteiger charge is -2.39. The normalized spacial score (nSPS) is 19.9. The highest BCUT2D eigenvalue weighted by atomic mass is 19.4. The Morgan fingerprint density at radius 2 is 1.90 bits per heavy atom. The zero-order valence-electron chi connectivity index (χ0n) is 11.6. The number of rotatable bonds is 3. The zero-order valence-corrected chi connectivity index (χ0v) is 11.6. The minimum atomic E-state index is -4.63. The van der Waals surface area contributed by atoms with E-state index in [4.69, 9.17) is 0 Å². The number of piperazine rings is 1. The first kappa shape index (κ1) is 15.1. The number of hydrogen-bond acceptors (Lipinski definition) is 3. The van der Waals surface area contributed by atoms with E-state index in [-0.39, 0.29) is 11.3 Å². The SMILES string of the molecule is CC1(C)CN(Cc2ccc(OC(F)(F)F)cc2)CCN1. The third-order valence-electron chi connectivity index (χ3n) is 3.21. The predicted molar refractivity (Wildman–Crippen MR) is 70.5 cm³/mol. The van der Waals surface area contributed by atoms with E-state index < -0.39 is 6.36 Å². The lowest BCUT2D eigenvalue weighted by molar-refractivity contribution is -0.274. The van der Waals surface area contributed by atoms with E-state index in [0.29, 0.717) is 0 Å². The van der Waals surface area contributed by atoms with Crippen LogP contribution in [0.5, 0.6) is 5.75 Å². The van der Waals surface area contributed by atoms with Crippen molar-refractivity contribution in [2.45, 2.75) is 32.3 Å². The summed E-state index contributed by atoms with van der Waals surface area (Å²) < 4.78 is 40.0. The standard InChI is InChI=1S/C14H19F3N2O/c1-13(2)10-19(8-7-18-13)9-11-3-5-12(6-4-11)20-14(15,16)17/h3-6,18H,7-10H2,1-2H3. The second kappa shape index (κ2) is 5.61. The first-order valence-electron chi connectivity index (χ1n) is 6.56. The largest absolute Gasteiger partial charge is 0.573 e. The average Bonchev–Trinajstić information content (AvgIpc) is 2.28. The molecule has 3 nitrogen and oxygen atoms in total. The van der Waals surface area contributed by atoms with Crippen molar-refractivity contribution in [3.63, 3.8) is 0 Å². The Balaban J connectivity index is 1.94. The number of alkyl halides is 3. The van der Waals surface area contributed by atoms with Crippen LogP contribution in [0.25, 0.3) is 0 Å². The minimum Gasteiger partial charge on any atom is -0.406 e. The van der Waals surface area contributed by atoms with Gasteiger partial charge >= 0.3 is 6.36 Å². The van der Waals surface area contributed by atoms with Gasteiger partial charge in [0, 0.05) is 31.7 Å². The molecule has 6 heteroatoms. The summed E-state index contributed by atoms with van der Waals surface area (Å²) in [6, 6.07) is 6.07. The van der Waals surface area contributed by atoms with Crippen molar-refractivity contribution < 1.29 is 17.9 Å². The molecule has 1 aromatic rings. The maximum Gasteiger partial charge on any atom is 0.573 e. The van der Waals surface area contributed by atoms with Gasteiger partial charge in [-0.2, -0.15) is 0 Å². The van der Waals surface area contributed by atoms with Gasteiger partial charge in [-0.1, -0.05) is 12.1 Å². The van der Waals surface area contributed by atoms with Gasteiger partial charge in [0.25, 0.3) is 0 Å². The maximum absolute atomic E-state index is 12.1. The van der Waals surface area contributed by atoms with Crippen molar-refractivity contribution in [1.29, 1.82) is 0 Å². The van der Waals surface area contributed by atoms with Crippen LogP contribution in [-0.2, 0) is 6.54 Å². The van der Waals surface area contributed by atoms with Gasteiger partial charge in [0.15, 0.2) is 0 Å². The molecule has 0 bridgehead atoms. The molecule has 1 aliphatic rings. The highest BCUT2D eigenvalue weighted by molar-refractivity contribution is 5.27. The summed E-state index contributed by atoms with van der Waals surface area (Å²) in [6.07, 6.45) is -4.63. The predicted octanol–water partition coefficient (Wildman–Crippen LogP) is 2.77. The van der Waals surface area contributed by atoms with E-state index in [1.165, 1.54) is 12.1 Å². The number of halogens is 3. The van der Waals surface area contributed by atoms with Crippen molar-refractivity contribution >= 4 is 0 Å². The second-order valence-electron chi connectivity index (χ2n) is 5.71. The van der Waals surface area contributed by atoms with Crippen LogP contribution in [0.4, 0.5) is 13.2 Å². The van der Waals surface area contributed by atoms with E-state index in [2.05, 4.69) is 28.8 Å².